The monoisotopic (exact) mass is 366 g/mol. The van der Waals surface area contributed by atoms with Crippen molar-refractivity contribution in [1.82, 2.24) is 0 Å². The van der Waals surface area contributed by atoms with Crippen LogP contribution in [0.4, 0.5) is 5.69 Å². The Morgan fingerprint density at radius 1 is 1.00 bits per heavy atom. The number of nitrogens with zero attached hydrogens (tertiary/aromatic N) is 1. The summed E-state index contributed by atoms with van der Waals surface area (Å²) in [6.45, 7) is 0. The average molecular weight is 366 g/mol. The van der Waals surface area contributed by atoms with Gasteiger partial charge >= 0.3 is 0 Å². The molecule has 0 aliphatic carbocycles. The lowest BCUT2D eigenvalue weighted by atomic mass is 10.3. The average Bonchev–Trinajstić information content (AvgIpc) is 3.12. The van der Waals surface area contributed by atoms with Crippen molar-refractivity contribution < 1.29 is 9.21 Å². The molecular weight excluding hydrogens is 352 g/mol. The summed E-state index contributed by atoms with van der Waals surface area (Å²) in [5.41, 5.74) is 0.656. The number of nitriles is 1. The predicted octanol–water partition coefficient (Wildman–Crippen LogP) is 5.40. The lowest BCUT2D eigenvalue weighted by Crippen LogP contribution is -2.10. The van der Waals surface area contributed by atoms with E-state index in [1.807, 2.05) is 41.8 Å². The Morgan fingerprint density at radius 2 is 1.76 bits per heavy atom. The number of amides is 1. The number of furan rings is 1. The van der Waals surface area contributed by atoms with Gasteiger partial charge in [-0.15, -0.1) is 11.8 Å². The molecule has 0 radical (unpaired) electrons. The molecule has 0 unspecified atom stereocenters. The van der Waals surface area contributed by atoms with Gasteiger partial charge in [-0.25, -0.2) is 0 Å². The molecule has 0 saturated heterocycles. The molecule has 6 heteroatoms. The number of hydrogen-bond donors (Lipinski definition) is 1. The van der Waals surface area contributed by atoms with Gasteiger partial charge in [-0.2, -0.15) is 5.26 Å². The summed E-state index contributed by atoms with van der Waals surface area (Å²) < 4.78 is 5.62. The minimum absolute atomic E-state index is 0.277. The fraction of sp³-hybridized carbons (Fsp3) is 0.0526. The van der Waals surface area contributed by atoms with Gasteiger partial charge in [0.2, 0.25) is 0 Å². The number of carbonyl (C=O) groups is 1. The van der Waals surface area contributed by atoms with E-state index >= 15 is 0 Å². The second-order valence-electron chi connectivity index (χ2n) is 5.04. The highest BCUT2D eigenvalue weighted by molar-refractivity contribution is 8.03. The molecule has 0 saturated carbocycles. The number of thioether (sulfide) groups is 2. The zero-order valence-electron chi connectivity index (χ0n) is 13.1. The molecule has 2 aromatic carbocycles. The molecule has 3 rings (SSSR count). The summed E-state index contributed by atoms with van der Waals surface area (Å²) in [5, 5.41) is 13.4. The molecule has 1 amide bonds. The minimum atomic E-state index is -0.295. The lowest BCUT2D eigenvalue weighted by Gasteiger charge is -2.03. The molecule has 0 fully saturated rings. The summed E-state index contributed by atoms with van der Waals surface area (Å²) in [6, 6.07) is 20.6. The Labute approximate surface area is 154 Å². The summed E-state index contributed by atoms with van der Waals surface area (Å²) in [6.07, 6.45) is 0. The summed E-state index contributed by atoms with van der Waals surface area (Å²) in [4.78, 5) is 14.2. The van der Waals surface area contributed by atoms with Gasteiger partial charge in [0, 0.05) is 15.5 Å². The summed E-state index contributed by atoms with van der Waals surface area (Å²) in [7, 11) is 0. The SMILES string of the molecule is N#CSc1ccc(NC(=O)c2ccc(CSc3ccccc3)o2)cc1. The number of anilines is 1. The maximum Gasteiger partial charge on any atom is 0.291 e. The van der Waals surface area contributed by atoms with Crippen LogP contribution in [0.3, 0.4) is 0 Å². The third kappa shape index (κ3) is 4.92. The van der Waals surface area contributed by atoms with E-state index in [1.165, 1.54) is 0 Å². The van der Waals surface area contributed by atoms with Crippen LogP contribution < -0.4 is 5.32 Å². The number of nitrogens with one attached hydrogen (secondary N) is 1. The third-order valence-electron chi connectivity index (χ3n) is 3.29. The van der Waals surface area contributed by atoms with E-state index in [4.69, 9.17) is 9.68 Å². The van der Waals surface area contributed by atoms with E-state index in [0.717, 1.165) is 27.3 Å². The van der Waals surface area contributed by atoms with Crippen molar-refractivity contribution in [3.8, 4) is 5.40 Å². The molecule has 0 atom stereocenters. The molecule has 0 bridgehead atoms. The van der Waals surface area contributed by atoms with Gasteiger partial charge in [0.25, 0.3) is 5.91 Å². The molecule has 25 heavy (non-hydrogen) atoms. The molecule has 1 N–H and O–H groups in total. The largest absolute Gasteiger partial charge is 0.455 e. The van der Waals surface area contributed by atoms with Gasteiger partial charge in [-0.3, -0.25) is 4.79 Å². The second kappa shape index (κ2) is 8.47. The molecule has 0 aliphatic rings. The molecule has 0 spiro atoms. The van der Waals surface area contributed by atoms with E-state index in [-0.39, 0.29) is 11.7 Å². The molecular formula is C19H14N2O2S2. The van der Waals surface area contributed by atoms with Gasteiger partial charge in [0.1, 0.15) is 11.2 Å². The van der Waals surface area contributed by atoms with E-state index in [2.05, 4.69) is 5.32 Å². The lowest BCUT2D eigenvalue weighted by molar-refractivity contribution is 0.0995. The van der Waals surface area contributed by atoms with Crippen molar-refractivity contribution >= 4 is 35.1 Å². The topological polar surface area (TPSA) is 66.0 Å². The maximum atomic E-state index is 12.2. The van der Waals surface area contributed by atoms with Crippen LogP contribution in [0.2, 0.25) is 0 Å². The van der Waals surface area contributed by atoms with Crippen LogP contribution in [0.25, 0.3) is 0 Å². The molecule has 1 aromatic heterocycles. The molecule has 0 aliphatic heterocycles. The van der Waals surface area contributed by atoms with Crippen LogP contribution in [0.15, 0.2) is 80.9 Å². The predicted molar refractivity (Wildman–Crippen MR) is 101 cm³/mol. The Morgan fingerprint density at radius 3 is 2.48 bits per heavy atom. The Kier molecular flexibility index (Phi) is 5.83. The van der Waals surface area contributed by atoms with Crippen LogP contribution in [0, 0.1) is 10.7 Å². The molecule has 124 valence electrons. The highest BCUT2D eigenvalue weighted by Crippen LogP contribution is 2.24. The number of carbonyl (C=O) groups excluding carboxylic acids is 1. The third-order valence-corrected chi connectivity index (χ3v) is 4.92. The van der Waals surface area contributed by atoms with Crippen LogP contribution in [0.5, 0.6) is 0 Å². The molecule has 3 aromatic rings. The number of benzene rings is 2. The first kappa shape index (κ1) is 17.2. The standard InChI is InChI=1S/C19H14N2O2S2/c20-13-25-17-9-6-14(7-10-17)21-19(22)18-11-8-15(23-18)12-24-16-4-2-1-3-5-16/h1-11H,12H2,(H,21,22). The fourth-order valence-corrected chi connectivity index (χ4v) is 3.29. The van der Waals surface area contributed by atoms with E-state index in [9.17, 15) is 4.79 Å². The van der Waals surface area contributed by atoms with Crippen LogP contribution in [-0.2, 0) is 5.75 Å². The second-order valence-corrected chi connectivity index (χ2v) is 6.95. The molecule has 1 heterocycles. The van der Waals surface area contributed by atoms with E-state index in [1.54, 1.807) is 42.1 Å². The van der Waals surface area contributed by atoms with Gasteiger partial charge in [0.15, 0.2) is 5.76 Å². The maximum absolute atomic E-state index is 12.2. The van der Waals surface area contributed by atoms with Crippen molar-refractivity contribution in [3.63, 3.8) is 0 Å². The zero-order valence-corrected chi connectivity index (χ0v) is 14.8. The summed E-state index contributed by atoms with van der Waals surface area (Å²) >= 11 is 2.73. The minimum Gasteiger partial charge on any atom is -0.455 e. The van der Waals surface area contributed by atoms with Gasteiger partial charge in [-0.05, 0) is 60.3 Å². The van der Waals surface area contributed by atoms with Crippen molar-refractivity contribution in [3.05, 3.63) is 78.3 Å². The Balaban J connectivity index is 1.57. The first-order chi connectivity index (χ1) is 12.2. The number of rotatable bonds is 6. The highest BCUT2D eigenvalue weighted by atomic mass is 32.2. The normalized spacial score (nSPS) is 10.2. The van der Waals surface area contributed by atoms with Crippen molar-refractivity contribution in [2.24, 2.45) is 0 Å². The Hall–Kier alpha value is -2.62. The van der Waals surface area contributed by atoms with Gasteiger partial charge < -0.3 is 9.73 Å². The first-order valence-corrected chi connectivity index (χ1v) is 9.29. The van der Waals surface area contributed by atoms with Crippen LogP contribution in [-0.4, -0.2) is 5.91 Å². The van der Waals surface area contributed by atoms with Crippen molar-refractivity contribution in [1.29, 1.82) is 5.26 Å². The van der Waals surface area contributed by atoms with Crippen molar-refractivity contribution in [2.45, 2.75) is 15.5 Å². The number of thiocyanates is 1. The van der Waals surface area contributed by atoms with E-state index < -0.39 is 0 Å². The quantitative estimate of drug-likeness (QED) is 0.467. The Bertz CT molecular complexity index is 884. The van der Waals surface area contributed by atoms with Gasteiger partial charge in [0.05, 0.1) is 5.75 Å². The zero-order chi connectivity index (χ0) is 17.5. The number of hydrogen-bond acceptors (Lipinski definition) is 5. The van der Waals surface area contributed by atoms with Crippen molar-refractivity contribution in [2.75, 3.05) is 5.32 Å². The van der Waals surface area contributed by atoms with Crippen LogP contribution in [0.1, 0.15) is 16.3 Å². The van der Waals surface area contributed by atoms with Crippen LogP contribution >= 0.6 is 23.5 Å². The van der Waals surface area contributed by atoms with Gasteiger partial charge in [-0.1, -0.05) is 18.2 Å². The van der Waals surface area contributed by atoms with E-state index in [0.29, 0.717) is 11.4 Å². The smallest absolute Gasteiger partial charge is 0.291 e. The summed E-state index contributed by atoms with van der Waals surface area (Å²) in [5.74, 6) is 1.40. The highest BCUT2D eigenvalue weighted by Gasteiger charge is 2.12. The first-order valence-electron chi connectivity index (χ1n) is 7.48. The fourth-order valence-electron chi connectivity index (χ4n) is 2.10. The molecule has 4 nitrogen and oxygen atoms in total.